The van der Waals surface area contributed by atoms with Crippen molar-refractivity contribution in [2.45, 2.75) is 73.1 Å². The van der Waals surface area contributed by atoms with Gasteiger partial charge in [0.05, 0.1) is 12.4 Å². The van der Waals surface area contributed by atoms with Crippen LogP contribution in [-0.2, 0) is 6.42 Å². The van der Waals surface area contributed by atoms with Gasteiger partial charge < -0.3 is 9.84 Å². The summed E-state index contributed by atoms with van der Waals surface area (Å²) >= 11 is 0. The molecular formula is C36H47NO2. The number of hydrogen-bond acceptors (Lipinski definition) is 3. The normalized spacial score (nSPS) is 12.1. The topological polar surface area (TPSA) is 41.8 Å². The number of aliphatic hydroxyl groups is 1. The van der Waals surface area contributed by atoms with Crippen LogP contribution in [0.3, 0.4) is 0 Å². The number of unbranched alkanes of at least 4 members (excludes halogenated alkanes) is 1. The first-order valence-electron chi connectivity index (χ1n) is 14.1. The van der Waals surface area contributed by atoms with Crippen LogP contribution < -0.4 is 4.74 Å². The zero-order chi connectivity index (χ0) is 28.8. The molecule has 0 saturated carbocycles. The third kappa shape index (κ3) is 9.90. The standard InChI is InChI=1S/C20H26O.C16H21NO/c1-5-7-12-21-18-10-11-19(16(4)13-18)20-14-17(6-2)9-8-15(20)3;1-5-6-16(17-4)15(11-13(3)18)14-9-7-12(2)8-10-14/h8-11,13-14H,5-7,12H2,1-4H3;5-10,15,18H,3,11H2,1-2,4H3/b;6-5-,17-16?. The van der Waals surface area contributed by atoms with E-state index in [9.17, 15) is 5.11 Å². The van der Waals surface area contributed by atoms with E-state index in [1.807, 2.05) is 19.1 Å². The van der Waals surface area contributed by atoms with Crippen molar-refractivity contribution in [3.05, 3.63) is 113 Å². The minimum absolute atomic E-state index is 0.0595. The summed E-state index contributed by atoms with van der Waals surface area (Å²) in [6.45, 7) is 17.1. The van der Waals surface area contributed by atoms with Gasteiger partial charge in [0.15, 0.2) is 0 Å². The number of aryl methyl sites for hydroxylation is 4. The molecule has 208 valence electrons. The first-order valence-corrected chi connectivity index (χ1v) is 14.1. The summed E-state index contributed by atoms with van der Waals surface area (Å²) in [6, 6.07) is 21.5. The molecule has 3 rings (SSSR count). The molecule has 0 fully saturated rings. The fraction of sp³-hybridized carbons (Fsp3) is 0.361. The van der Waals surface area contributed by atoms with E-state index in [4.69, 9.17) is 4.74 Å². The molecule has 39 heavy (non-hydrogen) atoms. The Morgan fingerprint density at radius 3 is 2.23 bits per heavy atom. The van der Waals surface area contributed by atoms with Crippen molar-refractivity contribution >= 4 is 5.71 Å². The predicted molar refractivity (Wildman–Crippen MR) is 170 cm³/mol. The van der Waals surface area contributed by atoms with Gasteiger partial charge in [0, 0.05) is 25.1 Å². The van der Waals surface area contributed by atoms with Crippen molar-refractivity contribution in [1.82, 2.24) is 0 Å². The van der Waals surface area contributed by atoms with Crippen LogP contribution >= 0.6 is 0 Å². The zero-order valence-corrected chi connectivity index (χ0v) is 25.1. The van der Waals surface area contributed by atoms with Gasteiger partial charge in [-0.3, -0.25) is 4.99 Å². The van der Waals surface area contributed by atoms with E-state index in [-0.39, 0.29) is 11.7 Å². The fourth-order valence-electron chi connectivity index (χ4n) is 4.49. The molecule has 0 bridgehead atoms. The lowest BCUT2D eigenvalue weighted by Gasteiger charge is -2.17. The Labute approximate surface area is 237 Å². The van der Waals surface area contributed by atoms with Crippen molar-refractivity contribution in [1.29, 1.82) is 0 Å². The van der Waals surface area contributed by atoms with E-state index in [1.54, 1.807) is 7.05 Å². The van der Waals surface area contributed by atoms with Gasteiger partial charge in [-0.15, -0.1) is 0 Å². The molecule has 0 aliphatic heterocycles. The van der Waals surface area contributed by atoms with E-state index >= 15 is 0 Å². The molecule has 0 heterocycles. The second kappa shape index (κ2) is 16.4. The summed E-state index contributed by atoms with van der Waals surface area (Å²) in [5.74, 6) is 1.23. The fourth-order valence-corrected chi connectivity index (χ4v) is 4.49. The van der Waals surface area contributed by atoms with Crippen LogP contribution in [0.1, 0.15) is 73.8 Å². The lowest BCUT2D eigenvalue weighted by atomic mass is 9.89. The van der Waals surface area contributed by atoms with Gasteiger partial charge in [0.1, 0.15) is 5.75 Å². The summed E-state index contributed by atoms with van der Waals surface area (Å²) in [4.78, 5) is 4.31. The molecule has 0 aliphatic carbocycles. The van der Waals surface area contributed by atoms with Crippen LogP contribution in [0.2, 0.25) is 0 Å². The highest BCUT2D eigenvalue weighted by molar-refractivity contribution is 6.00. The van der Waals surface area contributed by atoms with Crippen molar-refractivity contribution in [3.8, 4) is 16.9 Å². The SMILES string of the molecule is C=C(O)CC(C(/C=C\C)=NC)c1ccc(C)cc1.CCCCOc1ccc(-c2cc(CC)ccc2C)c(C)c1. The van der Waals surface area contributed by atoms with E-state index < -0.39 is 0 Å². The van der Waals surface area contributed by atoms with E-state index in [1.165, 1.54) is 39.8 Å². The number of hydrogen-bond donors (Lipinski definition) is 1. The molecule has 0 aliphatic rings. The van der Waals surface area contributed by atoms with Crippen LogP contribution in [0.15, 0.2) is 90.1 Å². The molecule has 1 unspecified atom stereocenters. The molecule has 0 amide bonds. The van der Waals surface area contributed by atoms with Gasteiger partial charge in [-0.1, -0.05) is 87.0 Å². The molecule has 3 aromatic rings. The van der Waals surface area contributed by atoms with Crippen molar-refractivity contribution in [2.75, 3.05) is 13.7 Å². The zero-order valence-electron chi connectivity index (χ0n) is 25.1. The van der Waals surface area contributed by atoms with Crippen molar-refractivity contribution in [3.63, 3.8) is 0 Å². The van der Waals surface area contributed by atoms with E-state index in [0.717, 1.165) is 36.5 Å². The highest BCUT2D eigenvalue weighted by atomic mass is 16.5. The summed E-state index contributed by atoms with van der Waals surface area (Å²) < 4.78 is 5.79. The first kappa shape index (κ1) is 31.6. The Kier molecular flexibility index (Phi) is 13.3. The minimum Gasteiger partial charge on any atom is -0.513 e. The first-order chi connectivity index (χ1) is 18.7. The summed E-state index contributed by atoms with van der Waals surface area (Å²) in [6.07, 6.45) is 7.79. The van der Waals surface area contributed by atoms with Gasteiger partial charge in [-0.25, -0.2) is 0 Å². The lowest BCUT2D eigenvalue weighted by Crippen LogP contribution is -2.11. The Bertz CT molecular complexity index is 1250. The molecule has 1 N–H and O–H groups in total. The number of allylic oxidation sites excluding steroid dienone is 3. The van der Waals surface area contributed by atoms with Crippen LogP contribution in [-0.4, -0.2) is 24.5 Å². The molecule has 3 nitrogen and oxygen atoms in total. The van der Waals surface area contributed by atoms with Crippen LogP contribution in [0.4, 0.5) is 0 Å². The van der Waals surface area contributed by atoms with Gasteiger partial charge >= 0.3 is 0 Å². The summed E-state index contributed by atoms with van der Waals surface area (Å²) in [7, 11) is 1.77. The Morgan fingerprint density at radius 2 is 1.67 bits per heavy atom. The van der Waals surface area contributed by atoms with Crippen LogP contribution in [0.5, 0.6) is 5.75 Å². The smallest absolute Gasteiger partial charge is 0.119 e. The monoisotopic (exact) mass is 525 g/mol. The Balaban J connectivity index is 0.000000277. The van der Waals surface area contributed by atoms with Crippen molar-refractivity contribution < 1.29 is 9.84 Å². The maximum absolute atomic E-state index is 9.48. The largest absolute Gasteiger partial charge is 0.513 e. The number of nitrogens with zero attached hydrogens (tertiary/aromatic N) is 1. The second-order valence-corrected chi connectivity index (χ2v) is 10.1. The van der Waals surface area contributed by atoms with E-state index in [0.29, 0.717) is 6.42 Å². The molecule has 3 aromatic carbocycles. The third-order valence-electron chi connectivity index (χ3n) is 6.84. The molecule has 0 saturated heterocycles. The molecule has 0 spiro atoms. The third-order valence-corrected chi connectivity index (χ3v) is 6.84. The Morgan fingerprint density at radius 1 is 0.949 bits per heavy atom. The van der Waals surface area contributed by atoms with Gasteiger partial charge in [-0.2, -0.15) is 0 Å². The summed E-state index contributed by atoms with van der Waals surface area (Å²) in [5.41, 5.74) is 9.97. The predicted octanol–water partition coefficient (Wildman–Crippen LogP) is 9.90. The number of aliphatic imine (C=N–C) groups is 1. The number of aliphatic hydroxyl groups excluding tert-OH is 1. The molecule has 0 aromatic heterocycles. The highest BCUT2D eigenvalue weighted by Crippen LogP contribution is 2.30. The van der Waals surface area contributed by atoms with Gasteiger partial charge in [0.25, 0.3) is 0 Å². The number of benzene rings is 3. The molecule has 0 radical (unpaired) electrons. The molecule has 3 heteroatoms. The number of ether oxygens (including phenoxy) is 1. The van der Waals surface area contributed by atoms with Crippen LogP contribution in [0.25, 0.3) is 11.1 Å². The maximum atomic E-state index is 9.48. The maximum Gasteiger partial charge on any atom is 0.119 e. The summed E-state index contributed by atoms with van der Waals surface area (Å²) in [5, 5.41) is 9.48. The number of rotatable bonds is 11. The highest BCUT2D eigenvalue weighted by Gasteiger charge is 2.17. The second-order valence-electron chi connectivity index (χ2n) is 10.1. The minimum atomic E-state index is 0.0595. The lowest BCUT2D eigenvalue weighted by molar-refractivity contribution is 0.309. The average molecular weight is 526 g/mol. The quantitative estimate of drug-likeness (QED) is 0.154. The molecular weight excluding hydrogens is 478 g/mol. The van der Waals surface area contributed by atoms with E-state index in [2.05, 4.69) is 107 Å². The van der Waals surface area contributed by atoms with Gasteiger partial charge in [0.2, 0.25) is 0 Å². The van der Waals surface area contributed by atoms with Gasteiger partial charge in [-0.05, 0) is 92.1 Å². The molecule has 1 atom stereocenters. The van der Waals surface area contributed by atoms with Crippen molar-refractivity contribution in [2.24, 2.45) is 4.99 Å². The van der Waals surface area contributed by atoms with Crippen LogP contribution in [0, 0.1) is 20.8 Å². The Hall–Kier alpha value is -3.59. The average Bonchev–Trinajstić information content (AvgIpc) is 2.92.